The van der Waals surface area contributed by atoms with Crippen molar-refractivity contribution in [2.24, 2.45) is 0 Å². The van der Waals surface area contributed by atoms with Crippen LogP contribution in [0.3, 0.4) is 0 Å². The molecule has 0 aromatic heterocycles. The number of halogens is 1. The quantitative estimate of drug-likeness (QED) is 0.857. The second-order valence-corrected chi connectivity index (χ2v) is 5.44. The van der Waals surface area contributed by atoms with Crippen molar-refractivity contribution in [3.63, 3.8) is 0 Å². The lowest BCUT2D eigenvalue weighted by Crippen LogP contribution is -2.41. The first-order valence-corrected chi connectivity index (χ1v) is 7.34. The number of amides is 1. The average molecular weight is 328 g/mol. The van der Waals surface area contributed by atoms with Gasteiger partial charge in [0, 0.05) is 24.3 Å². The summed E-state index contributed by atoms with van der Waals surface area (Å²) in [6.07, 6.45) is 2.31. The summed E-state index contributed by atoms with van der Waals surface area (Å²) < 4.78 is 10.6. The third-order valence-corrected chi connectivity index (χ3v) is 3.94. The molecule has 22 heavy (non-hydrogen) atoms. The third-order valence-electron chi connectivity index (χ3n) is 3.94. The number of nitrogens with zero attached hydrogens (tertiary/aromatic N) is 1. The molecule has 2 aliphatic rings. The molecule has 1 atom stereocenters. The molecule has 0 saturated carbocycles. The Bertz CT molecular complexity index is 527. The molecule has 1 aromatic rings. The van der Waals surface area contributed by atoms with Crippen LogP contribution < -0.4 is 20.1 Å². The van der Waals surface area contributed by atoms with Crippen LogP contribution in [0.25, 0.3) is 0 Å². The Morgan fingerprint density at radius 3 is 3.00 bits per heavy atom. The minimum absolute atomic E-state index is 0. The lowest BCUT2D eigenvalue weighted by Gasteiger charge is -2.23. The summed E-state index contributed by atoms with van der Waals surface area (Å²) >= 11 is 0. The summed E-state index contributed by atoms with van der Waals surface area (Å²) in [4.78, 5) is 14.4. The lowest BCUT2D eigenvalue weighted by atomic mass is 10.2. The SMILES string of the molecule is CNCC1CCCN1CC(=O)Nc1ccc2c(c1)OCO2.Cl. The van der Waals surface area contributed by atoms with Crippen molar-refractivity contribution in [1.29, 1.82) is 0 Å². The molecule has 1 unspecified atom stereocenters. The standard InChI is InChI=1S/C15H21N3O3.ClH/c1-16-8-12-3-2-6-18(12)9-15(19)17-11-4-5-13-14(7-11)21-10-20-13;/h4-5,7,12,16H,2-3,6,8-10H2,1H3,(H,17,19);1H. The Balaban J connectivity index is 0.00000176. The highest BCUT2D eigenvalue weighted by Gasteiger charge is 2.25. The largest absolute Gasteiger partial charge is 0.454 e. The van der Waals surface area contributed by atoms with Gasteiger partial charge in [-0.15, -0.1) is 12.4 Å². The molecule has 0 bridgehead atoms. The van der Waals surface area contributed by atoms with Crippen LogP contribution in [-0.2, 0) is 4.79 Å². The number of hydrogen-bond donors (Lipinski definition) is 2. The molecule has 7 heteroatoms. The number of fused-ring (bicyclic) bond motifs is 1. The summed E-state index contributed by atoms with van der Waals surface area (Å²) in [5.41, 5.74) is 0.744. The fourth-order valence-electron chi connectivity index (χ4n) is 2.93. The number of nitrogens with one attached hydrogen (secondary N) is 2. The van der Waals surface area contributed by atoms with E-state index >= 15 is 0 Å². The Kier molecular flexibility index (Phi) is 5.88. The van der Waals surface area contributed by atoms with Gasteiger partial charge in [0.1, 0.15) is 0 Å². The molecule has 0 aliphatic carbocycles. The van der Waals surface area contributed by atoms with Crippen molar-refractivity contribution in [2.45, 2.75) is 18.9 Å². The van der Waals surface area contributed by atoms with Crippen molar-refractivity contribution in [3.05, 3.63) is 18.2 Å². The topological polar surface area (TPSA) is 62.8 Å². The van der Waals surface area contributed by atoms with E-state index in [1.807, 2.05) is 19.2 Å². The van der Waals surface area contributed by atoms with E-state index in [9.17, 15) is 4.79 Å². The van der Waals surface area contributed by atoms with E-state index in [1.165, 1.54) is 0 Å². The molecule has 2 aliphatic heterocycles. The van der Waals surface area contributed by atoms with Gasteiger partial charge >= 0.3 is 0 Å². The summed E-state index contributed by atoms with van der Waals surface area (Å²) in [7, 11) is 1.95. The number of carbonyl (C=O) groups is 1. The first kappa shape index (κ1) is 16.9. The van der Waals surface area contributed by atoms with Crippen LogP contribution in [0, 0.1) is 0 Å². The molecule has 2 N–H and O–H groups in total. The molecule has 1 amide bonds. The van der Waals surface area contributed by atoms with Gasteiger partial charge < -0.3 is 20.1 Å². The van der Waals surface area contributed by atoms with Crippen LogP contribution in [0.1, 0.15) is 12.8 Å². The number of carbonyl (C=O) groups excluding carboxylic acids is 1. The van der Waals surface area contributed by atoms with Crippen molar-refractivity contribution >= 4 is 24.0 Å². The molecule has 1 aromatic carbocycles. The summed E-state index contributed by atoms with van der Waals surface area (Å²) in [5.74, 6) is 1.42. The van der Waals surface area contributed by atoms with Gasteiger partial charge in [-0.1, -0.05) is 0 Å². The molecular formula is C15H22ClN3O3. The highest BCUT2D eigenvalue weighted by molar-refractivity contribution is 5.92. The normalized spacial score (nSPS) is 19.8. The van der Waals surface area contributed by atoms with E-state index in [2.05, 4.69) is 15.5 Å². The monoisotopic (exact) mass is 327 g/mol. The summed E-state index contributed by atoms with van der Waals surface area (Å²) in [5, 5.41) is 6.11. The number of ether oxygens (including phenoxy) is 2. The van der Waals surface area contributed by atoms with Crippen LogP contribution in [0.2, 0.25) is 0 Å². The van der Waals surface area contributed by atoms with Gasteiger partial charge in [-0.3, -0.25) is 9.69 Å². The zero-order chi connectivity index (χ0) is 14.7. The lowest BCUT2D eigenvalue weighted by molar-refractivity contribution is -0.117. The van der Waals surface area contributed by atoms with Gasteiger partial charge in [0.15, 0.2) is 11.5 Å². The molecule has 122 valence electrons. The average Bonchev–Trinajstić information content (AvgIpc) is 3.08. The van der Waals surface area contributed by atoms with E-state index in [0.29, 0.717) is 18.3 Å². The number of likely N-dealkylation sites (N-methyl/N-ethyl adjacent to an activating group) is 1. The minimum Gasteiger partial charge on any atom is -0.454 e. The maximum atomic E-state index is 12.2. The van der Waals surface area contributed by atoms with Crippen LogP contribution in [0.15, 0.2) is 18.2 Å². The number of benzene rings is 1. The van der Waals surface area contributed by atoms with Gasteiger partial charge in [0.2, 0.25) is 12.7 Å². The summed E-state index contributed by atoms with van der Waals surface area (Å²) in [6, 6.07) is 5.91. The van der Waals surface area contributed by atoms with Gasteiger partial charge in [-0.2, -0.15) is 0 Å². The molecule has 2 heterocycles. The zero-order valence-corrected chi connectivity index (χ0v) is 13.4. The minimum atomic E-state index is 0. The van der Waals surface area contributed by atoms with E-state index in [4.69, 9.17) is 9.47 Å². The zero-order valence-electron chi connectivity index (χ0n) is 12.6. The van der Waals surface area contributed by atoms with Crippen LogP contribution in [0.4, 0.5) is 5.69 Å². The Morgan fingerprint density at radius 2 is 2.18 bits per heavy atom. The van der Waals surface area contributed by atoms with E-state index in [1.54, 1.807) is 6.07 Å². The maximum Gasteiger partial charge on any atom is 0.238 e. The second-order valence-electron chi connectivity index (χ2n) is 5.44. The van der Waals surface area contributed by atoms with Gasteiger partial charge in [0.05, 0.1) is 6.54 Å². The molecule has 0 radical (unpaired) electrons. The van der Waals surface area contributed by atoms with Crippen LogP contribution in [-0.4, -0.2) is 50.3 Å². The molecule has 6 nitrogen and oxygen atoms in total. The smallest absolute Gasteiger partial charge is 0.238 e. The van der Waals surface area contributed by atoms with Crippen molar-refractivity contribution < 1.29 is 14.3 Å². The fourth-order valence-corrected chi connectivity index (χ4v) is 2.93. The Hall–Kier alpha value is -1.50. The van der Waals surface area contributed by atoms with E-state index in [0.717, 1.165) is 37.4 Å². The molecule has 3 rings (SSSR count). The van der Waals surface area contributed by atoms with Gasteiger partial charge in [0.25, 0.3) is 0 Å². The molecular weight excluding hydrogens is 306 g/mol. The van der Waals surface area contributed by atoms with E-state index < -0.39 is 0 Å². The highest BCUT2D eigenvalue weighted by Crippen LogP contribution is 2.34. The molecule has 1 saturated heterocycles. The van der Waals surface area contributed by atoms with Crippen molar-refractivity contribution in [2.75, 3.05) is 38.8 Å². The molecule has 1 fully saturated rings. The Labute approximate surface area is 136 Å². The first-order valence-electron chi connectivity index (χ1n) is 7.34. The van der Waals surface area contributed by atoms with Crippen LogP contribution >= 0.6 is 12.4 Å². The maximum absolute atomic E-state index is 12.2. The highest BCUT2D eigenvalue weighted by atomic mass is 35.5. The number of hydrogen-bond acceptors (Lipinski definition) is 5. The predicted octanol–water partition coefficient (Wildman–Crippen LogP) is 1.46. The van der Waals surface area contributed by atoms with E-state index in [-0.39, 0.29) is 25.1 Å². The summed E-state index contributed by atoms with van der Waals surface area (Å²) in [6.45, 7) is 2.59. The van der Waals surface area contributed by atoms with Crippen molar-refractivity contribution in [3.8, 4) is 11.5 Å². The van der Waals surface area contributed by atoms with Gasteiger partial charge in [-0.05, 0) is 38.6 Å². The predicted molar refractivity (Wildman–Crippen MR) is 87.0 cm³/mol. The third kappa shape index (κ3) is 3.82. The Morgan fingerprint density at radius 1 is 1.36 bits per heavy atom. The fraction of sp³-hybridized carbons (Fsp3) is 0.533. The number of anilines is 1. The number of likely N-dealkylation sites (tertiary alicyclic amines) is 1. The van der Waals surface area contributed by atoms with Crippen molar-refractivity contribution in [1.82, 2.24) is 10.2 Å². The molecule has 0 spiro atoms. The number of rotatable bonds is 5. The second kappa shape index (κ2) is 7.67. The first-order chi connectivity index (χ1) is 10.3. The van der Waals surface area contributed by atoms with Crippen LogP contribution in [0.5, 0.6) is 11.5 Å². The van der Waals surface area contributed by atoms with Gasteiger partial charge in [-0.25, -0.2) is 0 Å².